The van der Waals surface area contributed by atoms with Gasteiger partial charge < -0.3 is 10.1 Å². The van der Waals surface area contributed by atoms with Gasteiger partial charge in [-0.15, -0.1) is 11.3 Å². The molecule has 2 heterocycles. The lowest BCUT2D eigenvalue weighted by molar-refractivity contribution is -0.0399. The van der Waals surface area contributed by atoms with Crippen molar-refractivity contribution in [2.45, 2.75) is 82.1 Å². The molecule has 28 heavy (non-hydrogen) atoms. The van der Waals surface area contributed by atoms with E-state index < -0.39 is 5.92 Å². The van der Waals surface area contributed by atoms with Crippen LogP contribution < -0.4 is 5.32 Å². The molecule has 3 aliphatic rings. The first kappa shape index (κ1) is 20.3. The van der Waals surface area contributed by atoms with E-state index in [4.69, 9.17) is 4.74 Å². The number of hydrogen-bond acceptors (Lipinski definition) is 3. The summed E-state index contributed by atoms with van der Waals surface area (Å²) < 4.78 is 31.9. The second-order valence-corrected chi connectivity index (χ2v) is 9.87. The van der Waals surface area contributed by atoms with Crippen LogP contribution in [0.15, 0.2) is 11.4 Å². The summed E-state index contributed by atoms with van der Waals surface area (Å²) in [4.78, 5) is 13.8. The molecule has 1 N–H and O–H groups in total. The zero-order valence-electron chi connectivity index (χ0n) is 16.4. The van der Waals surface area contributed by atoms with Gasteiger partial charge in [0, 0.05) is 42.4 Å². The maximum absolute atomic E-state index is 13.3. The molecule has 2 unspecified atom stereocenters. The number of rotatable bonds is 7. The maximum Gasteiger partial charge on any atom is 0.252 e. The van der Waals surface area contributed by atoms with Gasteiger partial charge in [0.25, 0.3) is 5.91 Å². The third-order valence-electron chi connectivity index (χ3n) is 6.75. The Hall–Kier alpha value is -1.01. The predicted molar refractivity (Wildman–Crippen MR) is 107 cm³/mol. The lowest BCUT2D eigenvalue weighted by Gasteiger charge is -2.28. The fourth-order valence-corrected chi connectivity index (χ4v) is 5.84. The van der Waals surface area contributed by atoms with Gasteiger partial charge in [-0.3, -0.25) is 4.79 Å². The number of amides is 1. The Morgan fingerprint density at radius 2 is 1.93 bits per heavy atom. The minimum Gasteiger partial charge on any atom is -0.381 e. The highest BCUT2D eigenvalue weighted by Gasteiger charge is 2.39. The molecule has 0 radical (unpaired) electrons. The zero-order valence-corrected chi connectivity index (χ0v) is 17.2. The molecule has 2 aliphatic carbocycles. The van der Waals surface area contributed by atoms with Crippen molar-refractivity contribution >= 4 is 17.2 Å². The van der Waals surface area contributed by atoms with E-state index in [0.717, 1.165) is 25.0 Å². The van der Waals surface area contributed by atoms with Crippen molar-refractivity contribution in [1.82, 2.24) is 5.32 Å². The Morgan fingerprint density at radius 1 is 1.18 bits per heavy atom. The fourth-order valence-electron chi connectivity index (χ4n) is 4.74. The number of alkyl halides is 2. The predicted octanol–water partition coefficient (Wildman–Crippen LogP) is 5.76. The van der Waals surface area contributed by atoms with Gasteiger partial charge in [-0.05, 0) is 62.3 Å². The molecule has 0 bridgehead atoms. The third kappa shape index (κ3) is 5.32. The molecular weight excluding hydrogens is 380 g/mol. The zero-order chi connectivity index (χ0) is 19.6. The quantitative estimate of drug-likeness (QED) is 0.620. The van der Waals surface area contributed by atoms with Crippen LogP contribution in [0, 0.1) is 11.8 Å². The average Bonchev–Trinajstić information content (AvgIpc) is 3.28. The van der Waals surface area contributed by atoms with Crippen LogP contribution in [0.25, 0.3) is 0 Å². The van der Waals surface area contributed by atoms with Crippen molar-refractivity contribution in [2.75, 3.05) is 13.2 Å². The van der Waals surface area contributed by atoms with E-state index >= 15 is 0 Å². The van der Waals surface area contributed by atoms with Crippen molar-refractivity contribution < 1.29 is 18.3 Å². The molecule has 1 aliphatic heterocycles. The average molecular weight is 412 g/mol. The second kappa shape index (κ2) is 8.78. The van der Waals surface area contributed by atoms with E-state index in [1.54, 1.807) is 11.3 Å². The van der Waals surface area contributed by atoms with Crippen LogP contribution in [0.4, 0.5) is 8.78 Å². The smallest absolute Gasteiger partial charge is 0.252 e. The minimum absolute atomic E-state index is 0.102. The summed E-state index contributed by atoms with van der Waals surface area (Å²) in [5.74, 6) is -0.413. The van der Waals surface area contributed by atoms with Crippen LogP contribution in [0.3, 0.4) is 0 Å². The summed E-state index contributed by atoms with van der Waals surface area (Å²) in [6.45, 7) is 1.86. The summed E-state index contributed by atoms with van der Waals surface area (Å²) in [7, 11) is 0. The molecule has 156 valence electrons. The van der Waals surface area contributed by atoms with Gasteiger partial charge in [-0.2, -0.15) is 0 Å². The van der Waals surface area contributed by atoms with E-state index in [-0.39, 0.29) is 24.8 Å². The molecule has 3 fully saturated rings. The summed E-state index contributed by atoms with van der Waals surface area (Å²) in [6.07, 6.45) is 8.09. The molecular formula is C22H31F2NO2S. The summed E-state index contributed by atoms with van der Waals surface area (Å²) >= 11 is 1.68. The Balaban J connectivity index is 1.19. The standard InChI is InChI=1S/C22H31F2NO2S/c23-22(24)8-4-18(5-9-22)25-21(26)17-13-20(28-14-17)19-12-16(19)3-1-2-15-6-10-27-11-7-15/h13-16,18-19H,1-12H2,(H,25,26). The summed E-state index contributed by atoms with van der Waals surface area (Å²) in [5.41, 5.74) is 0.699. The number of hydrogen-bond donors (Lipinski definition) is 1. The number of nitrogens with one attached hydrogen (secondary N) is 1. The Labute approximate surface area is 170 Å². The molecule has 2 atom stereocenters. The fraction of sp³-hybridized carbons (Fsp3) is 0.773. The first-order chi connectivity index (χ1) is 13.5. The van der Waals surface area contributed by atoms with Crippen molar-refractivity contribution in [2.24, 2.45) is 11.8 Å². The Bertz CT molecular complexity index is 661. The lowest BCUT2D eigenvalue weighted by atomic mass is 9.92. The number of carbonyl (C=O) groups is 1. The molecule has 0 aromatic carbocycles. The molecule has 1 saturated heterocycles. The Kier molecular flexibility index (Phi) is 6.36. The highest BCUT2D eigenvalue weighted by molar-refractivity contribution is 7.10. The third-order valence-corrected chi connectivity index (χ3v) is 7.82. The number of halogens is 2. The molecule has 3 nitrogen and oxygen atoms in total. The SMILES string of the molecule is O=C(NC1CCC(F)(F)CC1)c1csc(C2CC2CCCC2CCOCC2)c1. The number of ether oxygens (including phenoxy) is 1. The van der Waals surface area contributed by atoms with Crippen molar-refractivity contribution in [1.29, 1.82) is 0 Å². The number of thiophene rings is 1. The molecule has 2 saturated carbocycles. The van der Waals surface area contributed by atoms with Gasteiger partial charge in [0.1, 0.15) is 0 Å². The molecule has 0 spiro atoms. The topological polar surface area (TPSA) is 38.3 Å². The maximum atomic E-state index is 13.3. The monoisotopic (exact) mass is 411 g/mol. The molecule has 4 rings (SSSR count). The van der Waals surface area contributed by atoms with Gasteiger partial charge in [-0.25, -0.2) is 8.78 Å². The molecule has 1 amide bonds. The van der Waals surface area contributed by atoms with Gasteiger partial charge in [0.15, 0.2) is 0 Å². The van der Waals surface area contributed by atoms with Gasteiger partial charge >= 0.3 is 0 Å². The minimum atomic E-state index is -2.55. The van der Waals surface area contributed by atoms with Gasteiger partial charge in [0.2, 0.25) is 5.92 Å². The first-order valence-corrected chi connectivity index (χ1v) is 11.7. The van der Waals surface area contributed by atoms with E-state index in [9.17, 15) is 13.6 Å². The van der Waals surface area contributed by atoms with Crippen LogP contribution in [-0.2, 0) is 4.74 Å². The number of carbonyl (C=O) groups excluding carboxylic acids is 1. The highest BCUT2D eigenvalue weighted by Crippen LogP contribution is 2.52. The summed E-state index contributed by atoms with van der Waals surface area (Å²) in [6, 6.07) is 1.91. The largest absolute Gasteiger partial charge is 0.381 e. The van der Waals surface area contributed by atoms with Gasteiger partial charge in [-0.1, -0.05) is 12.8 Å². The normalized spacial score (nSPS) is 28.2. The highest BCUT2D eigenvalue weighted by atomic mass is 32.1. The van der Waals surface area contributed by atoms with Crippen molar-refractivity contribution in [3.8, 4) is 0 Å². The summed E-state index contributed by atoms with van der Waals surface area (Å²) in [5, 5.41) is 4.88. The van der Waals surface area contributed by atoms with Crippen LogP contribution in [0.2, 0.25) is 0 Å². The van der Waals surface area contributed by atoms with E-state index in [1.807, 2.05) is 11.4 Å². The van der Waals surface area contributed by atoms with Gasteiger partial charge in [0.05, 0.1) is 5.56 Å². The lowest BCUT2D eigenvalue weighted by Crippen LogP contribution is -2.40. The van der Waals surface area contributed by atoms with E-state index in [2.05, 4.69) is 5.32 Å². The van der Waals surface area contributed by atoms with E-state index in [0.29, 0.717) is 24.3 Å². The molecule has 6 heteroatoms. The van der Waals surface area contributed by atoms with Crippen LogP contribution in [0.5, 0.6) is 0 Å². The van der Waals surface area contributed by atoms with Crippen molar-refractivity contribution in [3.05, 3.63) is 21.9 Å². The van der Waals surface area contributed by atoms with Crippen LogP contribution in [0.1, 0.15) is 85.4 Å². The first-order valence-electron chi connectivity index (χ1n) is 10.8. The Morgan fingerprint density at radius 3 is 2.68 bits per heavy atom. The van der Waals surface area contributed by atoms with Crippen molar-refractivity contribution in [3.63, 3.8) is 0 Å². The van der Waals surface area contributed by atoms with E-state index in [1.165, 1.54) is 43.4 Å². The second-order valence-electron chi connectivity index (χ2n) is 8.93. The molecule has 1 aromatic heterocycles. The molecule has 1 aromatic rings. The van der Waals surface area contributed by atoms with Crippen LogP contribution >= 0.6 is 11.3 Å². The van der Waals surface area contributed by atoms with Crippen LogP contribution in [-0.4, -0.2) is 31.1 Å².